The molecule has 2 heterocycles. The number of nitrogens with zero attached hydrogens (tertiary/aromatic N) is 2. The smallest absolute Gasteiger partial charge is 0.227 e. The standard InChI is InChI=1S/C13H13N3O2/c1-16-12(17)6-5-8-3-2-4-9(13(8)16)10-7-11(14)18-15-10/h2-4,7H,5-6,14H2,1H3. The lowest BCUT2D eigenvalue weighted by Gasteiger charge is -2.27. The third kappa shape index (κ3) is 1.55. The first-order valence-electron chi connectivity index (χ1n) is 5.78. The summed E-state index contributed by atoms with van der Waals surface area (Å²) in [5, 5.41) is 3.92. The zero-order valence-electron chi connectivity index (χ0n) is 10.0. The van der Waals surface area contributed by atoms with Crippen molar-refractivity contribution in [1.82, 2.24) is 5.16 Å². The van der Waals surface area contributed by atoms with Gasteiger partial charge in [-0.3, -0.25) is 4.79 Å². The minimum Gasteiger partial charge on any atom is -0.368 e. The molecule has 0 bridgehead atoms. The summed E-state index contributed by atoms with van der Waals surface area (Å²) < 4.78 is 4.90. The molecule has 0 spiro atoms. The normalized spacial score (nSPS) is 14.7. The van der Waals surface area contributed by atoms with E-state index < -0.39 is 0 Å². The number of hydrogen-bond acceptors (Lipinski definition) is 4. The number of aryl methyl sites for hydroxylation is 1. The fourth-order valence-electron chi connectivity index (χ4n) is 2.35. The van der Waals surface area contributed by atoms with Crippen molar-refractivity contribution in [3.8, 4) is 11.3 Å². The van der Waals surface area contributed by atoms with E-state index in [9.17, 15) is 4.79 Å². The van der Waals surface area contributed by atoms with Gasteiger partial charge in [0.15, 0.2) is 0 Å². The van der Waals surface area contributed by atoms with Gasteiger partial charge in [-0.25, -0.2) is 0 Å². The fourth-order valence-corrected chi connectivity index (χ4v) is 2.35. The first-order chi connectivity index (χ1) is 8.66. The number of anilines is 2. The molecule has 0 saturated carbocycles. The number of nitrogens with two attached hydrogens (primary N) is 1. The average molecular weight is 243 g/mol. The van der Waals surface area contributed by atoms with Gasteiger partial charge in [0.05, 0.1) is 5.69 Å². The van der Waals surface area contributed by atoms with Crippen LogP contribution in [0.25, 0.3) is 11.3 Å². The Morgan fingerprint density at radius 3 is 2.94 bits per heavy atom. The number of carbonyl (C=O) groups is 1. The molecule has 0 saturated heterocycles. The van der Waals surface area contributed by atoms with E-state index in [0.717, 1.165) is 23.2 Å². The van der Waals surface area contributed by atoms with Gasteiger partial charge in [0.1, 0.15) is 5.69 Å². The maximum atomic E-state index is 11.8. The van der Waals surface area contributed by atoms with Crippen molar-refractivity contribution in [2.45, 2.75) is 12.8 Å². The van der Waals surface area contributed by atoms with Crippen molar-refractivity contribution in [3.63, 3.8) is 0 Å². The quantitative estimate of drug-likeness (QED) is 0.829. The van der Waals surface area contributed by atoms with Crippen LogP contribution in [0.1, 0.15) is 12.0 Å². The molecule has 0 radical (unpaired) electrons. The van der Waals surface area contributed by atoms with Crippen molar-refractivity contribution >= 4 is 17.5 Å². The molecule has 1 amide bonds. The van der Waals surface area contributed by atoms with Crippen LogP contribution >= 0.6 is 0 Å². The van der Waals surface area contributed by atoms with Crippen molar-refractivity contribution in [1.29, 1.82) is 0 Å². The van der Waals surface area contributed by atoms with Gasteiger partial charge in [0, 0.05) is 25.1 Å². The number of fused-ring (bicyclic) bond motifs is 1. The van der Waals surface area contributed by atoms with Gasteiger partial charge in [0.25, 0.3) is 0 Å². The minimum atomic E-state index is 0.117. The van der Waals surface area contributed by atoms with Gasteiger partial charge >= 0.3 is 0 Å². The summed E-state index contributed by atoms with van der Waals surface area (Å²) in [6.07, 6.45) is 1.31. The van der Waals surface area contributed by atoms with Crippen LogP contribution in [0.5, 0.6) is 0 Å². The molecule has 5 nitrogen and oxygen atoms in total. The van der Waals surface area contributed by atoms with Gasteiger partial charge in [-0.15, -0.1) is 0 Å². The van der Waals surface area contributed by atoms with Gasteiger partial charge < -0.3 is 15.2 Å². The van der Waals surface area contributed by atoms with Crippen molar-refractivity contribution in [3.05, 3.63) is 29.8 Å². The first kappa shape index (κ1) is 10.8. The summed E-state index contributed by atoms with van der Waals surface area (Å²) >= 11 is 0. The summed E-state index contributed by atoms with van der Waals surface area (Å²) in [5.41, 5.74) is 9.13. The summed E-state index contributed by atoms with van der Waals surface area (Å²) in [6.45, 7) is 0. The largest absolute Gasteiger partial charge is 0.368 e. The SMILES string of the molecule is CN1C(=O)CCc2cccc(-c3cc(N)on3)c21. The lowest BCUT2D eigenvalue weighted by molar-refractivity contribution is -0.118. The zero-order valence-corrected chi connectivity index (χ0v) is 10.0. The minimum absolute atomic E-state index is 0.117. The number of nitrogen functional groups attached to an aromatic ring is 1. The van der Waals surface area contributed by atoms with Crippen LogP contribution in [0.4, 0.5) is 11.6 Å². The molecule has 18 heavy (non-hydrogen) atoms. The second-order valence-electron chi connectivity index (χ2n) is 4.38. The number of hydrogen-bond donors (Lipinski definition) is 1. The lowest BCUT2D eigenvalue weighted by Crippen LogP contribution is -2.31. The first-order valence-corrected chi connectivity index (χ1v) is 5.78. The number of benzene rings is 1. The topological polar surface area (TPSA) is 72.4 Å². The maximum Gasteiger partial charge on any atom is 0.227 e. The number of rotatable bonds is 1. The van der Waals surface area contributed by atoms with E-state index in [1.165, 1.54) is 0 Å². The van der Waals surface area contributed by atoms with E-state index >= 15 is 0 Å². The van der Waals surface area contributed by atoms with E-state index in [2.05, 4.69) is 5.16 Å². The number of aromatic nitrogens is 1. The Bertz CT molecular complexity index is 618. The Morgan fingerprint density at radius 1 is 1.39 bits per heavy atom. The van der Waals surface area contributed by atoms with E-state index in [1.54, 1.807) is 18.0 Å². The summed E-state index contributed by atoms with van der Waals surface area (Å²) in [5.74, 6) is 0.388. The Hall–Kier alpha value is -2.30. The highest BCUT2D eigenvalue weighted by Crippen LogP contribution is 2.36. The Labute approximate surface area is 104 Å². The van der Waals surface area contributed by atoms with Crippen LogP contribution in [-0.2, 0) is 11.2 Å². The predicted molar refractivity (Wildman–Crippen MR) is 68.1 cm³/mol. The molecule has 5 heteroatoms. The predicted octanol–water partition coefficient (Wildman–Crippen LogP) is 1.83. The van der Waals surface area contributed by atoms with E-state index in [0.29, 0.717) is 12.1 Å². The molecule has 1 aliphatic heterocycles. The van der Waals surface area contributed by atoms with Crippen LogP contribution in [0.2, 0.25) is 0 Å². The van der Waals surface area contributed by atoms with Crippen LogP contribution in [-0.4, -0.2) is 18.1 Å². The highest BCUT2D eigenvalue weighted by atomic mass is 16.5. The number of amides is 1. The lowest BCUT2D eigenvalue weighted by atomic mass is 9.96. The number of para-hydroxylation sites is 1. The van der Waals surface area contributed by atoms with E-state index in [1.807, 2.05) is 18.2 Å². The van der Waals surface area contributed by atoms with Gasteiger partial charge in [0.2, 0.25) is 11.8 Å². The molecule has 0 unspecified atom stereocenters. The summed E-state index contributed by atoms with van der Waals surface area (Å²) in [6, 6.07) is 7.58. The summed E-state index contributed by atoms with van der Waals surface area (Å²) in [7, 11) is 1.78. The monoisotopic (exact) mass is 243 g/mol. The molecule has 2 N–H and O–H groups in total. The molecule has 1 aromatic carbocycles. The zero-order chi connectivity index (χ0) is 12.7. The van der Waals surface area contributed by atoms with Crippen molar-refractivity contribution in [2.24, 2.45) is 0 Å². The Kier molecular flexibility index (Phi) is 2.33. The molecular formula is C13H13N3O2. The Balaban J connectivity index is 2.19. The van der Waals surface area contributed by atoms with Crippen LogP contribution in [0.3, 0.4) is 0 Å². The van der Waals surface area contributed by atoms with Gasteiger partial charge in [-0.1, -0.05) is 23.4 Å². The molecule has 0 aliphatic carbocycles. The van der Waals surface area contributed by atoms with Gasteiger partial charge in [-0.2, -0.15) is 0 Å². The van der Waals surface area contributed by atoms with E-state index in [4.69, 9.17) is 10.3 Å². The molecule has 2 aromatic rings. The van der Waals surface area contributed by atoms with Crippen LogP contribution in [0, 0.1) is 0 Å². The molecule has 1 aliphatic rings. The maximum absolute atomic E-state index is 11.8. The fraction of sp³-hybridized carbons (Fsp3) is 0.231. The highest BCUT2D eigenvalue weighted by molar-refractivity contribution is 6.00. The van der Waals surface area contributed by atoms with Crippen molar-refractivity contribution in [2.75, 3.05) is 17.7 Å². The summed E-state index contributed by atoms with van der Waals surface area (Å²) in [4.78, 5) is 13.5. The highest BCUT2D eigenvalue weighted by Gasteiger charge is 2.24. The molecule has 1 aromatic heterocycles. The molecule has 3 rings (SSSR count). The second kappa shape index (κ2) is 3.87. The second-order valence-corrected chi connectivity index (χ2v) is 4.38. The molecule has 0 atom stereocenters. The average Bonchev–Trinajstić information content (AvgIpc) is 2.80. The number of carbonyl (C=O) groups excluding carboxylic acids is 1. The molecular weight excluding hydrogens is 230 g/mol. The van der Waals surface area contributed by atoms with Crippen molar-refractivity contribution < 1.29 is 9.32 Å². The Morgan fingerprint density at radius 2 is 2.22 bits per heavy atom. The third-order valence-electron chi connectivity index (χ3n) is 3.24. The molecule has 92 valence electrons. The van der Waals surface area contributed by atoms with Crippen LogP contribution < -0.4 is 10.6 Å². The third-order valence-corrected chi connectivity index (χ3v) is 3.24. The van der Waals surface area contributed by atoms with Crippen LogP contribution in [0.15, 0.2) is 28.8 Å². The van der Waals surface area contributed by atoms with Gasteiger partial charge in [-0.05, 0) is 12.0 Å². The molecule has 0 fully saturated rings. The van der Waals surface area contributed by atoms with E-state index in [-0.39, 0.29) is 11.8 Å².